The van der Waals surface area contributed by atoms with Crippen molar-refractivity contribution in [1.82, 2.24) is 0 Å². The van der Waals surface area contributed by atoms with Gasteiger partial charge >= 0.3 is 0 Å². The third-order valence-corrected chi connectivity index (χ3v) is 3.02. The molecule has 2 saturated heterocycles. The molecule has 3 atom stereocenters. The summed E-state index contributed by atoms with van der Waals surface area (Å²) in [5.74, 6) is 0. The summed E-state index contributed by atoms with van der Waals surface area (Å²) in [4.78, 5) is 0. The Bertz CT molecular complexity index is 148. The molecule has 0 saturated carbocycles. The minimum absolute atomic E-state index is 0.0984. The number of hydrogen-bond acceptors (Lipinski definition) is 4. The lowest BCUT2D eigenvalue weighted by Gasteiger charge is -2.12. The van der Waals surface area contributed by atoms with Crippen LogP contribution in [-0.2, 0) is 14.2 Å². The number of alkyl halides is 1. The predicted octanol–water partition coefficient (Wildman–Crippen LogP) is -0.120. The van der Waals surface area contributed by atoms with Gasteiger partial charge in [-0.25, -0.2) is 0 Å². The van der Waals surface area contributed by atoms with E-state index in [1.54, 1.807) is 0 Å². The molecule has 0 aliphatic carbocycles. The minimum atomic E-state index is -0.607. The van der Waals surface area contributed by atoms with Crippen LogP contribution in [0.3, 0.4) is 0 Å². The second-order valence-electron chi connectivity index (χ2n) is 2.55. The molecule has 0 aromatic rings. The van der Waals surface area contributed by atoms with Crippen molar-refractivity contribution < 1.29 is 19.3 Å². The van der Waals surface area contributed by atoms with E-state index in [4.69, 9.17) is 19.3 Å². The molecule has 0 radical (unpaired) electrons. The van der Waals surface area contributed by atoms with Crippen LogP contribution in [0.4, 0.5) is 0 Å². The van der Waals surface area contributed by atoms with Crippen molar-refractivity contribution in [2.45, 2.75) is 22.6 Å². The Kier molecular flexibility index (Phi) is 2.33. The molecule has 0 aromatic heterocycles. The predicted molar refractivity (Wildman–Crippen MR) is 44.4 cm³/mol. The molecule has 2 rings (SSSR count). The van der Waals surface area contributed by atoms with Crippen LogP contribution in [0.2, 0.25) is 0 Å². The average molecular weight is 272 g/mol. The molecule has 64 valence electrons. The topological polar surface area (TPSA) is 51.2 Å². The molecule has 2 heterocycles. The van der Waals surface area contributed by atoms with E-state index >= 15 is 0 Å². The van der Waals surface area contributed by atoms with Gasteiger partial charge in [-0.1, -0.05) is 22.6 Å². The number of hydrogen-bond donors (Lipinski definition) is 1. The highest BCUT2D eigenvalue weighted by molar-refractivity contribution is 14.1. The summed E-state index contributed by atoms with van der Waals surface area (Å²) in [6.07, 6.45) is -0.902. The number of aliphatic hydroxyl groups excluding tert-OH is 1. The highest BCUT2D eigenvalue weighted by atomic mass is 127. The molecule has 5 heteroatoms. The van der Waals surface area contributed by atoms with E-state index < -0.39 is 6.29 Å². The van der Waals surface area contributed by atoms with E-state index in [1.165, 1.54) is 0 Å². The van der Waals surface area contributed by atoms with Crippen molar-refractivity contribution in [3.05, 3.63) is 0 Å². The second-order valence-corrected chi connectivity index (χ2v) is 3.98. The van der Waals surface area contributed by atoms with Crippen LogP contribution in [0.5, 0.6) is 0 Å². The van der Waals surface area contributed by atoms with Gasteiger partial charge in [0.05, 0.1) is 17.1 Å². The second kappa shape index (κ2) is 3.14. The number of ether oxygens (including phenoxy) is 3. The first-order chi connectivity index (χ1) is 5.29. The third kappa shape index (κ3) is 1.67. The fraction of sp³-hybridized carbons (Fsp3) is 1.00. The van der Waals surface area contributed by atoms with Gasteiger partial charge < -0.3 is 19.3 Å². The van der Waals surface area contributed by atoms with Gasteiger partial charge in [-0.15, -0.1) is 0 Å². The van der Waals surface area contributed by atoms with E-state index in [9.17, 15) is 0 Å². The van der Waals surface area contributed by atoms with Crippen LogP contribution in [0.25, 0.3) is 0 Å². The SMILES string of the molecule is O[C@@H]1OC1C(I)C1OCCO1. The van der Waals surface area contributed by atoms with Gasteiger partial charge in [0.25, 0.3) is 0 Å². The Labute approximate surface area is 77.9 Å². The molecule has 0 aromatic carbocycles. The molecule has 1 N–H and O–H groups in total. The summed E-state index contributed by atoms with van der Waals surface area (Å²) >= 11 is 2.18. The first-order valence-electron chi connectivity index (χ1n) is 3.50. The normalized spacial score (nSPS) is 40.9. The molecule has 4 nitrogen and oxygen atoms in total. The molecule has 11 heavy (non-hydrogen) atoms. The maximum absolute atomic E-state index is 8.92. The number of halogens is 1. The molecule has 2 fully saturated rings. The zero-order valence-corrected chi connectivity index (χ0v) is 7.93. The minimum Gasteiger partial charge on any atom is -0.366 e. The van der Waals surface area contributed by atoms with Gasteiger partial charge in [-0.3, -0.25) is 0 Å². The van der Waals surface area contributed by atoms with Crippen LogP contribution < -0.4 is 0 Å². The Balaban J connectivity index is 1.84. The first kappa shape index (κ1) is 8.18. The Hall–Kier alpha value is 0.570. The fourth-order valence-corrected chi connectivity index (χ4v) is 2.00. The molecular formula is C6H9IO4. The summed E-state index contributed by atoms with van der Waals surface area (Å²) < 4.78 is 15.5. The van der Waals surface area contributed by atoms with Crippen molar-refractivity contribution in [3.63, 3.8) is 0 Å². The summed E-state index contributed by atoms with van der Waals surface area (Å²) in [7, 11) is 0. The summed E-state index contributed by atoms with van der Waals surface area (Å²) in [5, 5.41) is 8.92. The van der Waals surface area contributed by atoms with E-state index in [1.807, 2.05) is 0 Å². The van der Waals surface area contributed by atoms with Crippen molar-refractivity contribution in [3.8, 4) is 0 Å². The lowest BCUT2D eigenvalue weighted by atomic mass is 10.3. The molecule has 2 unspecified atom stereocenters. The molecular weight excluding hydrogens is 263 g/mol. The standard InChI is InChI=1S/C6H9IO4/c7-3(4-5(8)11-4)6-9-1-2-10-6/h3-6,8H,1-2H2/t3?,4?,5-/m1/s1. The van der Waals surface area contributed by atoms with E-state index in [-0.39, 0.29) is 16.3 Å². The van der Waals surface area contributed by atoms with Gasteiger partial charge in [-0.2, -0.15) is 0 Å². The maximum atomic E-state index is 8.92. The lowest BCUT2D eigenvalue weighted by Crippen LogP contribution is -2.27. The Morgan fingerprint density at radius 3 is 2.36 bits per heavy atom. The fourth-order valence-electron chi connectivity index (χ4n) is 1.06. The lowest BCUT2D eigenvalue weighted by molar-refractivity contribution is -0.0421. The summed E-state index contributed by atoms with van der Waals surface area (Å²) in [6.45, 7) is 1.29. The van der Waals surface area contributed by atoms with Crippen molar-refractivity contribution in [2.24, 2.45) is 0 Å². The van der Waals surface area contributed by atoms with Gasteiger partial charge in [0.2, 0.25) is 0 Å². The van der Waals surface area contributed by atoms with Crippen LogP contribution in [0.1, 0.15) is 0 Å². The molecule has 0 spiro atoms. The first-order valence-corrected chi connectivity index (χ1v) is 4.74. The van der Waals surface area contributed by atoms with Gasteiger partial charge in [0.1, 0.15) is 6.10 Å². The summed E-state index contributed by atoms with van der Waals surface area (Å²) in [5.41, 5.74) is 0. The molecule has 2 aliphatic rings. The van der Waals surface area contributed by atoms with Crippen molar-refractivity contribution >= 4 is 22.6 Å². The number of aliphatic hydroxyl groups is 1. The highest BCUT2D eigenvalue weighted by Crippen LogP contribution is 2.32. The molecule has 0 amide bonds. The van der Waals surface area contributed by atoms with Crippen LogP contribution in [-0.4, -0.2) is 40.9 Å². The quantitative estimate of drug-likeness (QED) is 0.432. The van der Waals surface area contributed by atoms with Crippen LogP contribution >= 0.6 is 22.6 Å². The van der Waals surface area contributed by atoms with Gasteiger partial charge in [0.15, 0.2) is 12.6 Å². The average Bonchev–Trinajstić information content (AvgIpc) is 2.56. The van der Waals surface area contributed by atoms with E-state index in [0.29, 0.717) is 13.2 Å². The Morgan fingerprint density at radius 1 is 1.36 bits per heavy atom. The smallest absolute Gasteiger partial charge is 0.183 e. The van der Waals surface area contributed by atoms with E-state index in [2.05, 4.69) is 22.6 Å². The molecule has 2 aliphatic heterocycles. The number of rotatable bonds is 2. The van der Waals surface area contributed by atoms with Crippen molar-refractivity contribution in [2.75, 3.05) is 13.2 Å². The largest absolute Gasteiger partial charge is 0.366 e. The van der Waals surface area contributed by atoms with Crippen molar-refractivity contribution in [1.29, 1.82) is 0 Å². The van der Waals surface area contributed by atoms with Crippen LogP contribution in [0, 0.1) is 0 Å². The zero-order valence-electron chi connectivity index (χ0n) is 5.77. The zero-order chi connectivity index (χ0) is 7.84. The third-order valence-electron chi connectivity index (χ3n) is 1.72. The highest BCUT2D eigenvalue weighted by Gasteiger charge is 2.47. The Morgan fingerprint density at radius 2 is 1.91 bits per heavy atom. The van der Waals surface area contributed by atoms with Crippen LogP contribution in [0.15, 0.2) is 0 Å². The monoisotopic (exact) mass is 272 g/mol. The maximum Gasteiger partial charge on any atom is 0.183 e. The van der Waals surface area contributed by atoms with E-state index in [0.717, 1.165) is 0 Å². The van der Waals surface area contributed by atoms with Gasteiger partial charge in [-0.05, 0) is 0 Å². The molecule has 0 bridgehead atoms. The number of epoxide rings is 1. The summed E-state index contributed by atoms with van der Waals surface area (Å²) in [6, 6.07) is 0. The van der Waals surface area contributed by atoms with Gasteiger partial charge in [0, 0.05) is 0 Å².